The van der Waals surface area contributed by atoms with E-state index in [1.165, 1.54) is 6.26 Å². The van der Waals surface area contributed by atoms with Crippen LogP contribution >= 0.6 is 0 Å². The van der Waals surface area contributed by atoms with E-state index in [1.807, 2.05) is 0 Å². The number of hydrogen-bond donors (Lipinski definition) is 1. The molecule has 0 aliphatic carbocycles. The molecule has 110 valence electrons. The van der Waals surface area contributed by atoms with Crippen LogP contribution in [0.3, 0.4) is 0 Å². The number of nitrogens with two attached hydrogens (primary N) is 1. The summed E-state index contributed by atoms with van der Waals surface area (Å²) in [5.41, 5.74) is 6.27. The van der Waals surface area contributed by atoms with Crippen LogP contribution in [0.25, 0.3) is 0 Å². The van der Waals surface area contributed by atoms with Crippen LogP contribution in [0.1, 0.15) is 47.0 Å². The maximum atomic E-state index is 11.1. The molecule has 0 radical (unpaired) electrons. The second-order valence-electron chi connectivity index (χ2n) is 5.26. The molecule has 0 aromatic carbocycles. The highest BCUT2D eigenvalue weighted by molar-refractivity contribution is 7.90. The smallest absolute Gasteiger partial charge is 0.147 e. The van der Waals surface area contributed by atoms with Gasteiger partial charge >= 0.3 is 0 Å². The van der Waals surface area contributed by atoms with Gasteiger partial charge in [0.2, 0.25) is 0 Å². The molecular weight excluding hydrogens is 248 g/mol. The molecule has 0 rings (SSSR count). The fraction of sp³-hybridized carbons (Fsp3) is 1.00. The molecule has 18 heavy (non-hydrogen) atoms. The Balaban J connectivity index is 4.55. The lowest BCUT2D eigenvalue weighted by molar-refractivity contribution is 0.0812. The molecule has 0 aliphatic heterocycles. The highest BCUT2D eigenvalue weighted by atomic mass is 32.2. The summed E-state index contributed by atoms with van der Waals surface area (Å²) < 4.78 is 22.3. The SMILES string of the molecule is CCN(CC)C(C)(CC)C(N)CCCS(C)(=O)=O. The minimum Gasteiger partial charge on any atom is -0.326 e. The molecule has 5 heteroatoms. The summed E-state index contributed by atoms with van der Waals surface area (Å²) in [6.07, 6.45) is 3.67. The summed E-state index contributed by atoms with van der Waals surface area (Å²) in [5, 5.41) is 0. The Morgan fingerprint density at radius 1 is 1.22 bits per heavy atom. The van der Waals surface area contributed by atoms with Crippen LogP contribution in [0.5, 0.6) is 0 Å². The van der Waals surface area contributed by atoms with Crippen molar-refractivity contribution in [1.82, 2.24) is 4.90 Å². The predicted molar refractivity (Wildman–Crippen MR) is 78.5 cm³/mol. The zero-order chi connectivity index (χ0) is 14.4. The largest absolute Gasteiger partial charge is 0.326 e. The van der Waals surface area contributed by atoms with E-state index in [2.05, 4.69) is 32.6 Å². The third kappa shape index (κ3) is 5.24. The fourth-order valence-electron chi connectivity index (χ4n) is 2.54. The van der Waals surface area contributed by atoms with Crippen molar-refractivity contribution in [3.05, 3.63) is 0 Å². The molecule has 0 bridgehead atoms. The number of rotatable bonds is 9. The van der Waals surface area contributed by atoms with E-state index >= 15 is 0 Å². The van der Waals surface area contributed by atoms with Gasteiger partial charge in [0, 0.05) is 23.6 Å². The van der Waals surface area contributed by atoms with Crippen molar-refractivity contribution >= 4 is 9.84 Å². The molecule has 0 fully saturated rings. The Labute approximate surface area is 113 Å². The average Bonchev–Trinajstić information content (AvgIpc) is 2.28. The van der Waals surface area contributed by atoms with Gasteiger partial charge in [0.1, 0.15) is 9.84 Å². The lowest BCUT2D eigenvalue weighted by atomic mass is 9.85. The van der Waals surface area contributed by atoms with Crippen LogP contribution in [0.15, 0.2) is 0 Å². The van der Waals surface area contributed by atoms with Gasteiger partial charge in [-0.2, -0.15) is 0 Å². The first-order chi connectivity index (χ1) is 8.21. The summed E-state index contributed by atoms with van der Waals surface area (Å²) in [7, 11) is -2.87. The van der Waals surface area contributed by atoms with Crippen LogP contribution in [-0.4, -0.2) is 50.0 Å². The molecule has 0 saturated carbocycles. The lowest BCUT2D eigenvalue weighted by Gasteiger charge is -2.44. The molecule has 0 amide bonds. The number of hydrogen-bond acceptors (Lipinski definition) is 4. The van der Waals surface area contributed by atoms with Crippen LogP contribution in [0.4, 0.5) is 0 Å². The molecule has 0 aromatic heterocycles. The molecular formula is C13H30N2O2S. The summed E-state index contributed by atoms with van der Waals surface area (Å²) in [6, 6.07) is 0.0177. The van der Waals surface area contributed by atoms with Gasteiger partial charge in [-0.05, 0) is 39.3 Å². The third-order valence-corrected chi connectivity index (χ3v) is 5.06. The minimum absolute atomic E-state index is 0.0177. The standard InChI is InChI=1S/C13H30N2O2S/c1-6-13(4,15(7-2)8-3)12(14)10-9-11-18(5,16)17/h12H,6-11,14H2,1-5H3. The first kappa shape index (κ1) is 17.9. The van der Waals surface area contributed by atoms with Crippen LogP contribution < -0.4 is 5.73 Å². The topological polar surface area (TPSA) is 63.4 Å². The van der Waals surface area contributed by atoms with Gasteiger partial charge < -0.3 is 5.73 Å². The van der Waals surface area contributed by atoms with Gasteiger partial charge in [-0.25, -0.2) is 8.42 Å². The van der Waals surface area contributed by atoms with E-state index in [-0.39, 0.29) is 17.3 Å². The molecule has 0 aromatic rings. The average molecular weight is 278 g/mol. The van der Waals surface area contributed by atoms with Crippen molar-refractivity contribution < 1.29 is 8.42 Å². The van der Waals surface area contributed by atoms with E-state index in [4.69, 9.17) is 5.73 Å². The van der Waals surface area contributed by atoms with Crippen molar-refractivity contribution in [2.24, 2.45) is 5.73 Å². The lowest BCUT2D eigenvalue weighted by Crippen LogP contribution is -2.57. The predicted octanol–water partition coefficient (Wildman–Crippen LogP) is 1.65. The molecule has 0 heterocycles. The normalized spacial score (nSPS) is 17.7. The Morgan fingerprint density at radius 3 is 2.06 bits per heavy atom. The van der Waals surface area contributed by atoms with Crippen LogP contribution in [-0.2, 0) is 9.84 Å². The molecule has 0 aliphatic rings. The Morgan fingerprint density at radius 2 is 1.72 bits per heavy atom. The summed E-state index contributed by atoms with van der Waals surface area (Å²) in [6.45, 7) is 10.6. The van der Waals surface area contributed by atoms with Crippen molar-refractivity contribution in [3.8, 4) is 0 Å². The third-order valence-electron chi connectivity index (χ3n) is 4.03. The molecule has 4 nitrogen and oxygen atoms in total. The highest BCUT2D eigenvalue weighted by Crippen LogP contribution is 2.25. The van der Waals surface area contributed by atoms with Crippen molar-refractivity contribution in [3.63, 3.8) is 0 Å². The van der Waals surface area contributed by atoms with Crippen molar-refractivity contribution in [1.29, 1.82) is 0 Å². The second-order valence-corrected chi connectivity index (χ2v) is 7.52. The zero-order valence-electron chi connectivity index (χ0n) is 12.6. The first-order valence-corrected chi connectivity index (χ1v) is 8.95. The Bertz CT molecular complexity index is 326. The maximum Gasteiger partial charge on any atom is 0.147 e. The fourth-order valence-corrected chi connectivity index (χ4v) is 3.23. The van der Waals surface area contributed by atoms with Crippen molar-refractivity contribution in [2.75, 3.05) is 25.1 Å². The maximum absolute atomic E-state index is 11.1. The van der Waals surface area contributed by atoms with Gasteiger partial charge in [0.25, 0.3) is 0 Å². The first-order valence-electron chi connectivity index (χ1n) is 6.89. The molecule has 0 spiro atoms. The number of likely N-dealkylation sites (N-methyl/N-ethyl adjacent to an activating group) is 1. The summed E-state index contributed by atoms with van der Waals surface area (Å²) in [5.74, 6) is 0.235. The molecule has 0 saturated heterocycles. The van der Waals surface area contributed by atoms with E-state index in [0.29, 0.717) is 6.42 Å². The van der Waals surface area contributed by atoms with Gasteiger partial charge in [-0.1, -0.05) is 20.8 Å². The summed E-state index contributed by atoms with van der Waals surface area (Å²) in [4.78, 5) is 2.37. The van der Waals surface area contributed by atoms with Crippen molar-refractivity contribution in [2.45, 2.75) is 58.5 Å². The highest BCUT2D eigenvalue weighted by Gasteiger charge is 2.34. The second kappa shape index (κ2) is 7.46. The quantitative estimate of drug-likeness (QED) is 0.696. The molecule has 2 atom stereocenters. The van der Waals surface area contributed by atoms with E-state index in [0.717, 1.165) is 25.9 Å². The van der Waals surface area contributed by atoms with E-state index in [1.54, 1.807) is 0 Å². The van der Waals surface area contributed by atoms with Gasteiger partial charge in [0.15, 0.2) is 0 Å². The van der Waals surface area contributed by atoms with E-state index in [9.17, 15) is 8.42 Å². The summed E-state index contributed by atoms with van der Waals surface area (Å²) >= 11 is 0. The Hall–Kier alpha value is -0.130. The minimum atomic E-state index is -2.87. The van der Waals surface area contributed by atoms with Crippen LogP contribution in [0.2, 0.25) is 0 Å². The van der Waals surface area contributed by atoms with Gasteiger partial charge in [-0.3, -0.25) is 4.90 Å². The molecule has 2 N–H and O–H groups in total. The zero-order valence-corrected chi connectivity index (χ0v) is 13.4. The number of sulfone groups is 1. The molecule has 2 unspecified atom stereocenters. The van der Waals surface area contributed by atoms with Gasteiger partial charge in [-0.15, -0.1) is 0 Å². The monoisotopic (exact) mass is 278 g/mol. The van der Waals surface area contributed by atoms with E-state index < -0.39 is 9.84 Å². The van der Waals surface area contributed by atoms with Crippen LogP contribution in [0, 0.1) is 0 Å². The van der Waals surface area contributed by atoms with Gasteiger partial charge in [0.05, 0.1) is 0 Å². The Kier molecular flexibility index (Phi) is 7.40. The number of nitrogens with zero attached hydrogens (tertiary/aromatic N) is 1.